The Morgan fingerprint density at radius 3 is 1.04 bits per heavy atom. The second kappa shape index (κ2) is 40.6. The summed E-state index contributed by atoms with van der Waals surface area (Å²) in [6, 6.07) is 146. The Kier molecular flexibility index (Phi) is 28.7. The van der Waals surface area contributed by atoms with Gasteiger partial charge in [0.1, 0.15) is 5.82 Å². The van der Waals surface area contributed by atoms with Crippen molar-refractivity contribution in [1.29, 1.82) is 10.5 Å². The number of aryl methyl sites for hydroxylation is 2. The number of rotatable bonds is 13. The van der Waals surface area contributed by atoms with Gasteiger partial charge in [0.05, 0.1) is 69.9 Å². The number of nitrogens with zero attached hydrogens (tertiary/aromatic N) is 8. The monoisotopic (exact) mass is 1760 g/mol. The van der Waals surface area contributed by atoms with Crippen LogP contribution in [0.25, 0.3) is 76.6 Å². The number of para-hydroxylation sites is 4. The number of benzene rings is 15. The molecular weight excluding hydrogens is 1640 g/mol. The standard InChI is InChI=1S/C32H28N2.C31H28N2Si.C24H23N.C20H20N2.C18H19N/c1-23-9-13-25(14-10-23)32(26-15-11-24(22-33)12-16-26,27-17-19-30(34-5)20-18-27)29-8-6-7-28(21-29)31(2,3)4;1-23-6-14-27(15-7-23)34(28-16-8-24(22-32)9-17-28,30-20-12-26(33-5)13-21-30)29-18-10-25(11-19-29)31(2,3)4;1-24(2,3)20-15-13-18(14-16-20)23-17-19-9-7-8-12-22(19)25(23)21-10-5-4-6-11-21;1-20(2,3)19-21-17(15-10-6-4-7-11-15)14-18(22-19)16-12-8-5-9-13-16;1-18(2,3)17-13-14-9-7-8-12-16(14)19(17)15-10-5-4-6-11-15/h2*6-21H,1-4H3;4-17H,1-3H3;4-14H,1-3H3;4-13H,1-3H3. The van der Waals surface area contributed by atoms with Gasteiger partial charge in [-0.1, -0.05) is 443 Å². The number of fused-ring (bicyclic) bond motifs is 2. The first-order valence-electron chi connectivity index (χ1n) is 46.0. The minimum atomic E-state index is -2.69. The zero-order chi connectivity index (χ0) is 95.2. The van der Waals surface area contributed by atoms with Crippen LogP contribution in [0.15, 0.2) is 406 Å². The molecule has 3 aromatic heterocycles. The van der Waals surface area contributed by atoms with Gasteiger partial charge in [-0.2, -0.15) is 10.5 Å². The summed E-state index contributed by atoms with van der Waals surface area (Å²) >= 11 is 0. The van der Waals surface area contributed by atoms with Crippen LogP contribution in [0.1, 0.15) is 177 Å². The van der Waals surface area contributed by atoms with Crippen LogP contribution in [0.4, 0.5) is 11.4 Å². The summed E-state index contributed by atoms with van der Waals surface area (Å²) in [6.07, 6.45) is 0. The minimum absolute atomic E-state index is 0.00630. The molecule has 0 N–H and O–H groups in total. The Balaban J connectivity index is 0.000000137. The highest BCUT2D eigenvalue weighted by Gasteiger charge is 2.43. The van der Waals surface area contributed by atoms with Gasteiger partial charge < -0.3 is 9.13 Å². The maximum Gasteiger partial charge on any atom is 0.187 e. The third kappa shape index (κ3) is 21.3. The summed E-state index contributed by atoms with van der Waals surface area (Å²) in [7, 11) is -2.69. The van der Waals surface area contributed by atoms with Gasteiger partial charge in [0.15, 0.2) is 19.4 Å². The zero-order valence-electron chi connectivity index (χ0n) is 80.3. The molecule has 8 nitrogen and oxygen atoms in total. The van der Waals surface area contributed by atoms with Gasteiger partial charge in [-0.25, -0.2) is 19.7 Å². The molecule has 18 aromatic rings. The van der Waals surface area contributed by atoms with Crippen LogP contribution in [-0.4, -0.2) is 27.2 Å². The molecule has 134 heavy (non-hydrogen) atoms. The van der Waals surface area contributed by atoms with Crippen molar-refractivity contribution in [1.82, 2.24) is 19.1 Å². The van der Waals surface area contributed by atoms with Gasteiger partial charge in [-0.15, -0.1) is 0 Å². The molecule has 9 heteroatoms. The van der Waals surface area contributed by atoms with Crippen molar-refractivity contribution in [3.05, 3.63) is 502 Å². The van der Waals surface area contributed by atoms with Crippen LogP contribution in [0.3, 0.4) is 0 Å². The van der Waals surface area contributed by atoms with E-state index in [-0.39, 0.29) is 27.1 Å². The fourth-order valence-corrected chi connectivity index (χ4v) is 22.1. The zero-order valence-corrected chi connectivity index (χ0v) is 81.3. The fourth-order valence-electron chi connectivity index (χ4n) is 17.4. The van der Waals surface area contributed by atoms with Gasteiger partial charge in [0.2, 0.25) is 0 Å². The Morgan fingerprint density at radius 1 is 0.284 bits per heavy atom. The van der Waals surface area contributed by atoms with Crippen molar-refractivity contribution < 1.29 is 0 Å². The smallest absolute Gasteiger partial charge is 0.187 e. The Hall–Kier alpha value is -15.4. The topological polar surface area (TPSA) is 91.9 Å². The SMILES string of the molecule is CC(C)(C)c1cc2ccccc2n1-c1ccccc1.CC(C)(C)c1ccc(-c2cc3ccccc3n2-c2ccccc2)cc1.CC(C)(C)c1nc(-c2ccccc2)cc(-c2ccccc2)n1.[C-]#[N+]c1ccc(C(c2ccc(C)cc2)(c2ccc(C#N)cc2)c2cccc(C(C)(C)C)c2)cc1.[C-]#[N+]c1ccc([Si](c2ccc(C)cc2)(c2ccc(C#N)cc2)c2ccc(C(C)(C)C)cc2)cc1. The molecule has 0 radical (unpaired) electrons. The summed E-state index contributed by atoms with van der Waals surface area (Å²) in [5, 5.41) is 26.4. The maximum atomic E-state index is 9.42. The molecule has 0 spiro atoms. The molecular formula is C125H118N8Si. The normalized spacial score (nSPS) is 12.3. The molecule has 0 aliphatic rings. The van der Waals surface area contributed by atoms with E-state index in [2.05, 4.69) is 470 Å². The predicted molar refractivity (Wildman–Crippen MR) is 565 cm³/mol. The van der Waals surface area contributed by atoms with Gasteiger partial charge >= 0.3 is 0 Å². The number of aromatic nitrogens is 4. The second-order valence-corrected chi connectivity index (χ2v) is 43.4. The van der Waals surface area contributed by atoms with Crippen LogP contribution < -0.4 is 20.7 Å². The number of hydrogen-bond acceptors (Lipinski definition) is 4. The molecule has 0 saturated carbocycles. The maximum absolute atomic E-state index is 9.42. The highest BCUT2D eigenvalue weighted by atomic mass is 28.3. The van der Waals surface area contributed by atoms with E-state index in [1.165, 1.54) is 98.7 Å². The lowest BCUT2D eigenvalue weighted by Crippen LogP contribution is -2.74. The van der Waals surface area contributed by atoms with E-state index in [0.717, 1.165) is 50.6 Å². The van der Waals surface area contributed by atoms with E-state index in [1.807, 2.05) is 84.9 Å². The van der Waals surface area contributed by atoms with Crippen LogP contribution in [0.2, 0.25) is 0 Å². The Bertz CT molecular complexity index is 7030. The molecule has 0 fully saturated rings. The third-order valence-corrected chi connectivity index (χ3v) is 29.7. The van der Waals surface area contributed by atoms with Gasteiger partial charge in [0, 0.05) is 49.8 Å². The third-order valence-electron chi connectivity index (χ3n) is 24.9. The molecule has 0 saturated heterocycles. The second-order valence-electron chi connectivity index (χ2n) is 39.6. The summed E-state index contributed by atoms with van der Waals surface area (Å²) in [5.41, 5.74) is 25.9. The van der Waals surface area contributed by atoms with Gasteiger partial charge in [0.25, 0.3) is 0 Å². The molecule has 0 bridgehead atoms. The quantitative estimate of drug-likeness (QED) is 0.0653. The van der Waals surface area contributed by atoms with Gasteiger partial charge in [-0.05, 0) is 174 Å². The van der Waals surface area contributed by atoms with Crippen molar-refractivity contribution in [3.63, 3.8) is 0 Å². The van der Waals surface area contributed by atoms with Crippen molar-refractivity contribution >= 4 is 62.0 Å². The summed E-state index contributed by atoms with van der Waals surface area (Å²) in [4.78, 5) is 16.8. The lowest BCUT2D eigenvalue weighted by Gasteiger charge is -2.38. The molecule has 2 unspecified atom stereocenters. The van der Waals surface area contributed by atoms with E-state index in [0.29, 0.717) is 22.5 Å². The van der Waals surface area contributed by atoms with E-state index >= 15 is 0 Å². The first-order chi connectivity index (χ1) is 64.2. The first-order valence-corrected chi connectivity index (χ1v) is 48.0. The summed E-state index contributed by atoms with van der Waals surface area (Å²) in [6.45, 7) is 52.4. The van der Waals surface area contributed by atoms with Crippen molar-refractivity contribution in [3.8, 4) is 57.3 Å². The number of nitriles is 2. The van der Waals surface area contributed by atoms with E-state index < -0.39 is 13.5 Å². The largest absolute Gasteiger partial charge is 0.313 e. The average molecular weight is 1760 g/mol. The van der Waals surface area contributed by atoms with Crippen molar-refractivity contribution in [2.45, 2.75) is 150 Å². The predicted octanol–water partition coefficient (Wildman–Crippen LogP) is 29.8. The highest BCUT2D eigenvalue weighted by molar-refractivity contribution is 7.19. The average Bonchev–Trinajstić information content (AvgIpc) is 1.06. The van der Waals surface area contributed by atoms with E-state index in [4.69, 9.17) is 23.1 Å². The van der Waals surface area contributed by atoms with Gasteiger partial charge in [-0.3, -0.25) is 0 Å². The molecule has 3 heterocycles. The molecule has 15 aromatic carbocycles. The van der Waals surface area contributed by atoms with Crippen LogP contribution in [0.5, 0.6) is 0 Å². The fraction of sp³-hybridized carbons (Fsp3) is 0.184. The molecule has 2 atom stereocenters. The molecule has 0 amide bonds. The molecule has 662 valence electrons. The molecule has 0 aliphatic heterocycles. The summed E-state index contributed by atoms with van der Waals surface area (Å²) < 4.78 is 4.72. The van der Waals surface area contributed by atoms with Crippen molar-refractivity contribution in [2.24, 2.45) is 0 Å². The van der Waals surface area contributed by atoms with E-state index in [9.17, 15) is 10.5 Å². The van der Waals surface area contributed by atoms with Crippen LogP contribution in [0, 0.1) is 49.7 Å². The molecule has 18 rings (SSSR count). The number of hydrogen-bond donors (Lipinski definition) is 0. The Labute approximate surface area is 795 Å². The lowest BCUT2D eigenvalue weighted by atomic mass is 9.64. The highest BCUT2D eigenvalue weighted by Crippen LogP contribution is 2.47. The van der Waals surface area contributed by atoms with Crippen molar-refractivity contribution in [2.75, 3.05) is 0 Å². The lowest BCUT2D eigenvalue weighted by molar-refractivity contribution is 0.547. The van der Waals surface area contributed by atoms with Crippen LogP contribution >= 0.6 is 0 Å². The summed E-state index contributed by atoms with van der Waals surface area (Å²) in [5.74, 6) is 0.868. The first kappa shape index (κ1) is 94.7. The molecule has 0 aliphatic carbocycles. The minimum Gasteiger partial charge on any atom is -0.313 e. The van der Waals surface area contributed by atoms with Crippen LogP contribution in [-0.2, 0) is 32.5 Å². The van der Waals surface area contributed by atoms with E-state index in [1.54, 1.807) is 0 Å². The Morgan fingerprint density at radius 2 is 0.619 bits per heavy atom.